The molecule has 1 aromatic rings. The minimum absolute atomic E-state index is 0. The Balaban J connectivity index is 0.00000512. The predicted molar refractivity (Wildman–Crippen MR) is 97.4 cm³/mol. The minimum Gasteiger partial charge on any atom is -0.549 e. The summed E-state index contributed by atoms with van der Waals surface area (Å²) in [6.45, 7) is -0.392. The van der Waals surface area contributed by atoms with E-state index in [9.17, 15) is 34.5 Å². The number of carbonyl (C=O) groups excluding carboxylic acids is 3. The quantitative estimate of drug-likeness (QED) is 0.299. The monoisotopic (exact) mass is 604 g/mol. The molecule has 13 heteroatoms. The smallest absolute Gasteiger partial charge is 0.549 e. The number of aromatic nitrogens is 1. The standard InChI is InChI=1S/C19H26N4O8.Tm/c24-16(25)8-15(19(30)31)23-6-4-21(11-17(26)27)9-13-2-1-3-14(20-13)10-22(5-7-23)12-18(28)29;/h1-3,15H,4-12H2,(H,24,25)(H,26,27)(H,28,29)(H,30,31);/q;+3/p-3. The van der Waals surface area contributed by atoms with E-state index in [0.717, 1.165) is 0 Å². The first-order chi connectivity index (χ1) is 14.6. The van der Waals surface area contributed by atoms with Crippen LogP contribution < -0.4 is 15.3 Å². The molecule has 180 valence electrons. The first-order valence-electron chi connectivity index (χ1n) is 9.60. The van der Waals surface area contributed by atoms with Crippen molar-refractivity contribution >= 4 is 23.9 Å². The second-order valence-corrected chi connectivity index (χ2v) is 7.25. The third kappa shape index (κ3) is 9.74. The van der Waals surface area contributed by atoms with Gasteiger partial charge in [0.2, 0.25) is 0 Å². The Kier molecular flexibility index (Phi) is 12.0. The van der Waals surface area contributed by atoms with E-state index in [0.29, 0.717) is 11.4 Å². The molecule has 32 heavy (non-hydrogen) atoms. The topological polar surface area (TPSA) is 180 Å². The molecular weight excluding hydrogens is 581 g/mol. The van der Waals surface area contributed by atoms with Gasteiger partial charge in [0.25, 0.3) is 0 Å². The summed E-state index contributed by atoms with van der Waals surface area (Å²) < 4.78 is 0. The molecule has 1 atom stereocenters. The molecule has 12 nitrogen and oxygen atoms in total. The van der Waals surface area contributed by atoms with Gasteiger partial charge in [-0.25, -0.2) is 0 Å². The molecule has 0 saturated carbocycles. The molecular formula is C19H23N4O8Tm. The Morgan fingerprint density at radius 2 is 1.38 bits per heavy atom. The number of carbonyl (C=O) groups is 4. The van der Waals surface area contributed by atoms with Gasteiger partial charge in [0.05, 0.1) is 41.8 Å². The van der Waals surface area contributed by atoms with Crippen molar-refractivity contribution in [1.29, 1.82) is 0 Å². The van der Waals surface area contributed by atoms with Gasteiger partial charge in [0, 0.05) is 52.4 Å². The van der Waals surface area contributed by atoms with E-state index in [1.807, 2.05) is 0 Å². The molecule has 1 aromatic heterocycles. The van der Waals surface area contributed by atoms with Crippen LogP contribution in [0.2, 0.25) is 0 Å². The summed E-state index contributed by atoms with van der Waals surface area (Å²) >= 11 is 0. The predicted octanol–water partition coefficient (Wildman–Crippen LogP) is -4.91. The van der Waals surface area contributed by atoms with Crippen molar-refractivity contribution in [3.8, 4) is 0 Å². The largest absolute Gasteiger partial charge is 3.00 e. The number of aliphatic carboxylic acids is 4. The SMILES string of the molecule is O=C([O-])CN1CCN(C(CC(=O)O)C(=O)[O-])CCN(CC(=O)[O-])Cc2cccc(n2)C1.[Tm+3]. The van der Waals surface area contributed by atoms with Crippen molar-refractivity contribution in [2.45, 2.75) is 25.6 Å². The summed E-state index contributed by atoms with van der Waals surface area (Å²) in [5.74, 6) is -5.56. The van der Waals surface area contributed by atoms with Crippen molar-refractivity contribution in [3.63, 3.8) is 0 Å². The van der Waals surface area contributed by atoms with Gasteiger partial charge in [-0.15, -0.1) is 0 Å². The molecule has 0 fully saturated rings. The number of carboxylic acids is 4. The van der Waals surface area contributed by atoms with Gasteiger partial charge in [0.1, 0.15) is 0 Å². The van der Waals surface area contributed by atoms with E-state index in [4.69, 9.17) is 5.11 Å². The molecule has 2 rings (SSSR count). The third-order valence-electron chi connectivity index (χ3n) is 4.83. The van der Waals surface area contributed by atoms with Crippen molar-refractivity contribution in [1.82, 2.24) is 19.7 Å². The van der Waals surface area contributed by atoms with Gasteiger partial charge in [-0.2, -0.15) is 0 Å². The third-order valence-corrected chi connectivity index (χ3v) is 4.83. The van der Waals surface area contributed by atoms with Crippen LogP contribution in [0.3, 0.4) is 0 Å². The maximum atomic E-state index is 11.6. The number of hydrogen-bond donors (Lipinski definition) is 1. The van der Waals surface area contributed by atoms with Gasteiger partial charge in [-0.1, -0.05) is 6.07 Å². The van der Waals surface area contributed by atoms with E-state index in [1.165, 1.54) is 14.7 Å². The zero-order chi connectivity index (χ0) is 23.0. The van der Waals surface area contributed by atoms with Gasteiger partial charge >= 0.3 is 42.8 Å². The summed E-state index contributed by atoms with van der Waals surface area (Å²) in [4.78, 5) is 53.8. The van der Waals surface area contributed by atoms with E-state index >= 15 is 0 Å². The summed E-state index contributed by atoms with van der Waals surface area (Å²) in [7, 11) is 0. The number of rotatable bonds is 8. The van der Waals surface area contributed by atoms with Crippen molar-refractivity contribution < 1.29 is 76.5 Å². The Labute approximate surface area is 213 Å². The Morgan fingerprint density at radius 3 is 1.75 bits per heavy atom. The fraction of sp³-hybridized carbons (Fsp3) is 0.526. The number of nitrogens with zero attached hydrogens (tertiary/aromatic N) is 4. The maximum absolute atomic E-state index is 11.6. The summed E-state index contributed by atoms with van der Waals surface area (Å²) in [6, 6.07) is 3.63. The average Bonchev–Trinajstić information content (AvgIpc) is 2.64. The fourth-order valence-corrected chi connectivity index (χ4v) is 3.45. The molecule has 0 saturated heterocycles. The van der Waals surface area contributed by atoms with Crippen molar-refractivity contribution in [3.05, 3.63) is 29.6 Å². The Hall–Kier alpha value is -1.86. The Morgan fingerprint density at radius 1 is 0.906 bits per heavy atom. The molecule has 1 N–H and O–H groups in total. The molecule has 2 bridgehead atoms. The first-order valence-corrected chi connectivity index (χ1v) is 9.60. The summed E-state index contributed by atoms with van der Waals surface area (Å²) in [6.07, 6.45) is -0.718. The Bertz CT molecular complexity index is 779. The van der Waals surface area contributed by atoms with Crippen LogP contribution in [0.15, 0.2) is 18.2 Å². The van der Waals surface area contributed by atoms with Crippen LogP contribution in [0.5, 0.6) is 0 Å². The maximum Gasteiger partial charge on any atom is 3.00 e. The van der Waals surface area contributed by atoms with E-state index in [1.54, 1.807) is 18.2 Å². The second kappa shape index (κ2) is 13.6. The van der Waals surface area contributed by atoms with Crippen LogP contribution >= 0.6 is 0 Å². The number of pyridine rings is 1. The summed E-state index contributed by atoms with van der Waals surface area (Å²) in [5.41, 5.74) is 1.09. The molecule has 1 unspecified atom stereocenters. The van der Waals surface area contributed by atoms with Crippen molar-refractivity contribution in [2.75, 3.05) is 39.3 Å². The molecule has 0 amide bonds. The molecule has 0 radical (unpaired) electrons. The number of hydrogen-bond acceptors (Lipinski definition) is 11. The van der Waals surface area contributed by atoms with Crippen LogP contribution in [0.4, 0.5) is 0 Å². The van der Waals surface area contributed by atoms with Gasteiger partial charge in [0.15, 0.2) is 0 Å². The van der Waals surface area contributed by atoms with E-state index < -0.39 is 49.4 Å². The van der Waals surface area contributed by atoms with Crippen LogP contribution in [0.1, 0.15) is 17.8 Å². The fourth-order valence-electron chi connectivity index (χ4n) is 3.45. The second-order valence-electron chi connectivity index (χ2n) is 7.25. The molecule has 2 heterocycles. The number of carboxylic acid groups (broad SMARTS) is 4. The van der Waals surface area contributed by atoms with E-state index in [-0.39, 0.29) is 76.1 Å². The van der Waals surface area contributed by atoms with Gasteiger partial charge in [-0.3, -0.25) is 24.5 Å². The van der Waals surface area contributed by atoms with Crippen LogP contribution in [-0.2, 0) is 32.3 Å². The molecule has 0 spiro atoms. The van der Waals surface area contributed by atoms with Gasteiger partial charge < -0.3 is 34.8 Å². The normalized spacial score (nSPS) is 17.2. The van der Waals surface area contributed by atoms with Gasteiger partial charge in [-0.05, 0) is 12.1 Å². The summed E-state index contributed by atoms with van der Waals surface area (Å²) in [5, 5.41) is 43.0. The van der Waals surface area contributed by atoms with Crippen LogP contribution in [-0.4, -0.2) is 94.0 Å². The molecule has 0 aliphatic carbocycles. The zero-order valence-electron chi connectivity index (χ0n) is 17.0. The zero-order valence-corrected chi connectivity index (χ0v) is 18.8. The number of fused-ring (bicyclic) bond motifs is 2. The van der Waals surface area contributed by atoms with Crippen molar-refractivity contribution in [2.24, 2.45) is 0 Å². The average molecular weight is 604 g/mol. The van der Waals surface area contributed by atoms with E-state index in [2.05, 4.69) is 4.98 Å². The van der Waals surface area contributed by atoms with Crippen LogP contribution in [0, 0.1) is 36.9 Å². The first kappa shape index (κ1) is 28.2. The van der Waals surface area contributed by atoms with Crippen LogP contribution in [0.25, 0.3) is 0 Å². The molecule has 0 aromatic carbocycles. The molecule has 1 aliphatic heterocycles. The molecule has 1 aliphatic rings. The minimum atomic E-state index is -1.58.